The second-order valence-corrected chi connectivity index (χ2v) is 2.16. The van der Waals surface area contributed by atoms with Crippen molar-refractivity contribution in [3.05, 3.63) is 5.89 Å². The molecule has 1 rings (SSSR count). The molecule has 0 bridgehead atoms. The molecule has 1 aromatic heterocycles. The van der Waals surface area contributed by atoms with Gasteiger partial charge in [0, 0.05) is 14.0 Å². The smallest absolute Gasteiger partial charge is 0.238 e. The summed E-state index contributed by atoms with van der Waals surface area (Å²) in [5.74, 6) is 1.83. The topological polar surface area (TPSA) is 50.1 Å². The summed E-state index contributed by atoms with van der Waals surface area (Å²) in [7, 11) is 1.76. The Bertz CT molecular complexity index is 258. The molecular weight excluding hydrogens is 162 g/mol. The summed E-state index contributed by atoms with van der Waals surface area (Å²) in [5.41, 5.74) is 1.39. The predicted octanol–water partition coefficient (Wildman–Crippen LogP) is 1.39. The average Bonchev–Trinajstić information content (AvgIpc) is 2.32. The SMILES string of the molecule is CNc1oc(C)nc1NC=S. The Hall–Kier alpha value is -1.10. The van der Waals surface area contributed by atoms with E-state index in [1.807, 2.05) is 0 Å². The number of nitrogens with one attached hydrogen (secondary N) is 2. The molecule has 0 radical (unpaired) electrons. The zero-order valence-corrected chi connectivity index (χ0v) is 7.16. The van der Waals surface area contributed by atoms with Crippen LogP contribution in [0.3, 0.4) is 0 Å². The van der Waals surface area contributed by atoms with E-state index in [0.717, 1.165) is 0 Å². The molecule has 0 atom stereocenters. The van der Waals surface area contributed by atoms with Gasteiger partial charge in [-0.2, -0.15) is 4.98 Å². The first-order valence-corrected chi connectivity index (χ1v) is 3.60. The minimum atomic E-state index is 0.601. The summed E-state index contributed by atoms with van der Waals surface area (Å²) in [5, 5.41) is 5.61. The fourth-order valence-electron chi connectivity index (χ4n) is 0.750. The molecule has 60 valence electrons. The van der Waals surface area contributed by atoms with Gasteiger partial charge in [-0.15, -0.1) is 0 Å². The van der Waals surface area contributed by atoms with Crippen LogP contribution < -0.4 is 10.6 Å². The number of hydrogen-bond donors (Lipinski definition) is 2. The number of aryl methyl sites for hydroxylation is 1. The van der Waals surface area contributed by atoms with Gasteiger partial charge in [0.2, 0.25) is 5.88 Å². The molecule has 4 nitrogen and oxygen atoms in total. The molecule has 0 aliphatic carbocycles. The van der Waals surface area contributed by atoms with Gasteiger partial charge in [-0.05, 0) is 0 Å². The van der Waals surface area contributed by atoms with Crippen LogP contribution in [-0.2, 0) is 0 Å². The molecule has 0 spiro atoms. The quantitative estimate of drug-likeness (QED) is 0.673. The molecule has 0 fully saturated rings. The summed E-state index contributed by atoms with van der Waals surface area (Å²) in [6.07, 6.45) is 0. The van der Waals surface area contributed by atoms with E-state index in [4.69, 9.17) is 4.42 Å². The Morgan fingerprint density at radius 2 is 2.36 bits per heavy atom. The van der Waals surface area contributed by atoms with Crippen molar-refractivity contribution in [3.63, 3.8) is 0 Å². The van der Waals surface area contributed by atoms with Gasteiger partial charge in [0.25, 0.3) is 0 Å². The zero-order valence-electron chi connectivity index (χ0n) is 6.34. The maximum Gasteiger partial charge on any atom is 0.238 e. The van der Waals surface area contributed by atoms with Crippen LogP contribution in [0.2, 0.25) is 0 Å². The Kier molecular flexibility index (Phi) is 2.43. The molecular formula is C6H9N3OS. The van der Waals surface area contributed by atoms with Crippen LogP contribution in [0.4, 0.5) is 11.7 Å². The summed E-state index contributed by atoms with van der Waals surface area (Å²) < 4.78 is 5.17. The van der Waals surface area contributed by atoms with E-state index in [0.29, 0.717) is 17.6 Å². The fourth-order valence-corrected chi connectivity index (χ4v) is 0.862. The van der Waals surface area contributed by atoms with Gasteiger partial charge in [-0.1, -0.05) is 12.2 Å². The third kappa shape index (κ3) is 1.68. The highest BCUT2D eigenvalue weighted by molar-refractivity contribution is 7.79. The molecule has 0 amide bonds. The number of nitrogens with zero attached hydrogens (tertiary/aromatic N) is 1. The maximum absolute atomic E-state index is 5.17. The summed E-state index contributed by atoms with van der Waals surface area (Å²) in [4.78, 5) is 4.03. The lowest BCUT2D eigenvalue weighted by Crippen LogP contribution is -1.96. The van der Waals surface area contributed by atoms with E-state index in [2.05, 4.69) is 27.8 Å². The fraction of sp³-hybridized carbons (Fsp3) is 0.333. The van der Waals surface area contributed by atoms with Crippen molar-refractivity contribution in [1.29, 1.82) is 0 Å². The number of aromatic nitrogens is 1. The lowest BCUT2D eigenvalue weighted by Gasteiger charge is -1.95. The molecule has 11 heavy (non-hydrogen) atoms. The summed E-state index contributed by atoms with van der Waals surface area (Å²) in [6, 6.07) is 0. The second-order valence-electron chi connectivity index (χ2n) is 1.92. The van der Waals surface area contributed by atoms with Crippen molar-refractivity contribution < 1.29 is 4.42 Å². The van der Waals surface area contributed by atoms with Crippen LogP contribution in [0, 0.1) is 6.92 Å². The van der Waals surface area contributed by atoms with Crippen molar-refractivity contribution in [3.8, 4) is 0 Å². The van der Waals surface area contributed by atoms with E-state index in [1.165, 1.54) is 5.49 Å². The van der Waals surface area contributed by atoms with Crippen molar-refractivity contribution in [2.45, 2.75) is 6.92 Å². The second kappa shape index (κ2) is 3.34. The number of anilines is 2. The zero-order chi connectivity index (χ0) is 8.27. The molecule has 0 saturated heterocycles. The van der Waals surface area contributed by atoms with Crippen LogP contribution in [0.1, 0.15) is 5.89 Å². The minimum absolute atomic E-state index is 0.601. The standard InChI is InChI=1S/C6H9N3OS/c1-4-9-5(8-3-11)6(7-2)10-4/h3,7H,1-2H3,(H,8,11). The number of thiocarbonyl (C=S) groups is 1. The molecule has 5 heteroatoms. The molecule has 0 unspecified atom stereocenters. The highest BCUT2D eigenvalue weighted by Gasteiger charge is 2.06. The van der Waals surface area contributed by atoms with Crippen LogP contribution >= 0.6 is 12.2 Å². The van der Waals surface area contributed by atoms with Gasteiger partial charge in [-0.25, -0.2) is 0 Å². The molecule has 0 aliphatic heterocycles. The predicted molar refractivity (Wildman–Crippen MR) is 48.1 cm³/mol. The molecule has 1 heterocycles. The maximum atomic E-state index is 5.17. The Balaban J connectivity index is 2.91. The van der Waals surface area contributed by atoms with Crippen LogP contribution in [0.5, 0.6) is 0 Å². The first-order chi connectivity index (χ1) is 5.27. The molecule has 0 aromatic carbocycles. The van der Waals surface area contributed by atoms with Gasteiger partial charge in [0.05, 0.1) is 5.49 Å². The van der Waals surface area contributed by atoms with Crippen LogP contribution in [0.15, 0.2) is 4.42 Å². The van der Waals surface area contributed by atoms with Crippen molar-refractivity contribution >= 4 is 29.4 Å². The third-order valence-corrected chi connectivity index (χ3v) is 1.27. The largest absolute Gasteiger partial charge is 0.423 e. The molecule has 0 saturated carbocycles. The molecule has 1 aromatic rings. The summed E-state index contributed by atoms with van der Waals surface area (Å²) in [6.45, 7) is 1.77. The van der Waals surface area contributed by atoms with Gasteiger partial charge in [-0.3, -0.25) is 0 Å². The van der Waals surface area contributed by atoms with Gasteiger partial charge < -0.3 is 15.1 Å². The van der Waals surface area contributed by atoms with E-state index in [-0.39, 0.29) is 0 Å². The lowest BCUT2D eigenvalue weighted by atomic mass is 10.6. The molecule has 2 N–H and O–H groups in total. The Morgan fingerprint density at radius 1 is 1.64 bits per heavy atom. The van der Waals surface area contributed by atoms with Crippen molar-refractivity contribution in [2.24, 2.45) is 0 Å². The Morgan fingerprint density at radius 3 is 2.91 bits per heavy atom. The summed E-state index contributed by atoms with van der Waals surface area (Å²) >= 11 is 4.61. The van der Waals surface area contributed by atoms with Crippen molar-refractivity contribution in [1.82, 2.24) is 4.98 Å². The van der Waals surface area contributed by atoms with Gasteiger partial charge in [0.1, 0.15) is 0 Å². The van der Waals surface area contributed by atoms with E-state index in [1.54, 1.807) is 14.0 Å². The van der Waals surface area contributed by atoms with E-state index >= 15 is 0 Å². The first-order valence-electron chi connectivity index (χ1n) is 3.13. The lowest BCUT2D eigenvalue weighted by molar-refractivity contribution is 0.535. The minimum Gasteiger partial charge on any atom is -0.423 e. The monoisotopic (exact) mass is 171 g/mol. The van der Waals surface area contributed by atoms with Crippen LogP contribution in [-0.4, -0.2) is 17.5 Å². The number of oxazole rings is 1. The van der Waals surface area contributed by atoms with Gasteiger partial charge in [0.15, 0.2) is 11.7 Å². The Labute approximate surface area is 70.0 Å². The van der Waals surface area contributed by atoms with E-state index in [9.17, 15) is 0 Å². The highest BCUT2D eigenvalue weighted by atomic mass is 32.1. The van der Waals surface area contributed by atoms with Crippen LogP contribution in [0.25, 0.3) is 0 Å². The number of rotatable bonds is 3. The van der Waals surface area contributed by atoms with Crippen molar-refractivity contribution in [2.75, 3.05) is 17.7 Å². The molecule has 0 aliphatic rings. The number of hydrogen-bond acceptors (Lipinski definition) is 4. The third-order valence-electron chi connectivity index (χ3n) is 1.16. The normalized spacial score (nSPS) is 9.27. The van der Waals surface area contributed by atoms with E-state index < -0.39 is 0 Å². The average molecular weight is 171 g/mol. The first kappa shape index (κ1) is 8.00. The highest BCUT2D eigenvalue weighted by Crippen LogP contribution is 2.20. The van der Waals surface area contributed by atoms with Gasteiger partial charge >= 0.3 is 0 Å².